The molecule has 0 spiro atoms. The predicted molar refractivity (Wildman–Crippen MR) is 102 cm³/mol. The van der Waals surface area contributed by atoms with E-state index in [1.165, 1.54) is 18.2 Å². The summed E-state index contributed by atoms with van der Waals surface area (Å²) in [5, 5.41) is 22.1. The zero-order valence-electron chi connectivity index (χ0n) is 16.3. The first-order valence-electron chi connectivity index (χ1n) is 9.91. The molecule has 0 saturated heterocycles. The number of hydrogen-bond donors (Lipinski definition) is 2. The van der Waals surface area contributed by atoms with Crippen LogP contribution >= 0.6 is 0 Å². The van der Waals surface area contributed by atoms with Crippen molar-refractivity contribution in [3.8, 4) is 11.8 Å². The lowest BCUT2D eigenvalue weighted by Gasteiger charge is -2.52. The van der Waals surface area contributed by atoms with Crippen LogP contribution in [0.1, 0.15) is 67.7 Å². The predicted octanol–water partition coefficient (Wildman–Crippen LogP) is 3.25. The molecule has 2 fully saturated rings. The molecule has 0 unspecified atom stereocenters. The van der Waals surface area contributed by atoms with Crippen molar-refractivity contribution in [3.63, 3.8) is 0 Å². The Morgan fingerprint density at radius 2 is 2.04 bits per heavy atom. The zero-order valence-corrected chi connectivity index (χ0v) is 16.3. The maximum Gasteiger partial charge on any atom is 0.384 e. The Balaban J connectivity index is 1.68. The summed E-state index contributed by atoms with van der Waals surface area (Å²) in [4.78, 5) is 11.5. The lowest BCUT2D eigenvalue weighted by molar-refractivity contribution is -0.133. The molecule has 2 N–H and O–H groups in total. The van der Waals surface area contributed by atoms with E-state index in [2.05, 4.69) is 48.6 Å². The molecule has 0 aliphatic heterocycles. The molecule has 27 heavy (non-hydrogen) atoms. The third-order valence-corrected chi connectivity index (χ3v) is 7.64. The van der Waals surface area contributed by atoms with Crippen molar-refractivity contribution in [3.05, 3.63) is 34.9 Å². The van der Waals surface area contributed by atoms with Gasteiger partial charge in [0.15, 0.2) is 0 Å². The molecule has 4 heteroatoms. The van der Waals surface area contributed by atoms with Gasteiger partial charge in [0.05, 0.1) is 13.2 Å². The Morgan fingerprint density at radius 1 is 1.26 bits per heavy atom. The number of carbonyl (C=O) groups is 1. The Morgan fingerprint density at radius 3 is 2.78 bits per heavy atom. The van der Waals surface area contributed by atoms with Crippen LogP contribution in [-0.2, 0) is 9.53 Å². The molecule has 4 rings (SSSR count). The van der Waals surface area contributed by atoms with E-state index in [0.717, 1.165) is 31.2 Å². The van der Waals surface area contributed by atoms with E-state index in [9.17, 15) is 15.0 Å². The molecule has 3 aliphatic rings. The third kappa shape index (κ3) is 2.71. The van der Waals surface area contributed by atoms with Crippen molar-refractivity contribution in [1.29, 1.82) is 0 Å². The standard InChI is InChI=1S/C23H28O4/c1-14-4-5-15-16-6-9-22(2)19(17(16)13-20(24)18(15)12-14)7-10-23(22,26)11-8-21(25)27-3/h4-5,12,16-17,19-20,24,26H,6-7,9-10,13H2,1-3H3/t16-,17-,19+,20-,22+,23-/m1/s1. The van der Waals surface area contributed by atoms with Gasteiger partial charge < -0.3 is 14.9 Å². The number of fused-ring (bicyclic) bond motifs is 5. The van der Waals surface area contributed by atoms with Gasteiger partial charge in [0.2, 0.25) is 0 Å². The second-order valence-electron chi connectivity index (χ2n) is 8.86. The molecule has 6 atom stereocenters. The molecule has 4 nitrogen and oxygen atoms in total. The molecule has 2 saturated carbocycles. The van der Waals surface area contributed by atoms with E-state index in [1.54, 1.807) is 0 Å². The second-order valence-corrected chi connectivity index (χ2v) is 8.86. The van der Waals surface area contributed by atoms with Crippen molar-refractivity contribution < 1.29 is 19.7 Å². The first-order valence-corrected chi connectivity index (χ1v) is 9.91. The minimum absolute atomic E-state index is 0.289. The molecule has 3 aliphatic carbocycles. The fourth-order valence-corrected chi connectivity index (χ4v) is 6.13. The fraction of sp³-hybridized carbons (Fsp3) is 0.609. The van der Waals surface area contributed by atoms with Crippen molar-refractivity contribution in [1.82, 2.24) is 0 Å². The van der Waals surface area contributed by atoms with Gasteiger partial charge in [-0.3, -0.25) is 0 Å². The summed E-state index contributed by atoms with van der Waals surface area (Å²) in [6, 6.07) is 6.44. The highest BCUT2D eigenvalue weighted by atomic mass is 16.5. The van der Waals surface area contributed by atoms with E-state index >= 15 is 0 Å². The van der Waals surface area contributed by atoms with E-state index in [-0.39, 0.29) is 11.3 Å². The molecule has 0 radical (unpaired) electrons. The van der Waals surface area contributed by atoms with Crippen LogP contribution in [0.3, 0.4) is 0 Å². The van der Waals surface area contributed by atoms with Gasteiger partial charge in [0.1, 0.15) is 5.60 Å². The van der Waals surface area contributed by atoms with Crippen LogP contribution in [0.15, 0.2) is 18.2 Å². The summed E-state index contributed by atoms with van der Waals surface area (Å²) in [5.74, 6) is 5.76. The SMILES string of the molecule is COC(=O)C#C[C@]1(O)CC[C@H]2[C@@H]3C[C@@H](O)c4cc(C)ccc4[C@H]3CC[C@@]21C. The maximum absolute atomic E-state index is 11.5. The summed E-state index contributed by atoms with van der Waals surface area (Å²) in [6.45, 7) is 4.18. The number of aliphatic hydroxyl groups excluding tert-OH is 1. The average Bonchev–Trinajstić information content (AvgIpc) is 2.92. The highest BCUT2D eigenvalue weighted by Crippen LogP contribution is 2.65. The summed E-state index contributed by atoms with van der Waals surface area (Å²) >= 11 is 0. The Kier molecular flexibility index (Phi) is 4.36. The van der Waals surface area contributed by atoms with Crippen molar-refractivity contribution >= 4 is 5.97 Å². The van der Waals surface area contributed by atoms with Gasteiger partial charge >= 0.3 is 5.97 Å². The number of benzene rings is 1. The number of aryl methyl sites for hydroxylation is 1. The highest BCUT2D eigenvalue weighted by molar-refractivity contribution is 5.88. The molecule has 0 aromatic heterocycles. The highest BCUT2D eigenvalue weighted by Gasteiger charge is 2.61. The summed E-state index contributed by atoms with van der Waals surface area (Å²) in [5.41, 5.74) is 2.01. The van der Waals surface area contributed by atoms with Crippen molar-refractivity contribution in [2.24, 2.45) is 17.3 Å². The monoisotopic (exact) mass is 368 g/mol. The van der Waals surface area contributed by atoms with E-state index in [1.807, 2.05) is 0 Å². The van der Waals surface area contributed by atoms with Crippen LogP contribution in [0.2, 0.25) is 0 Å². The van der Waals surface area contributed by atoms with Gasteiger partial charge in [0.25, 0.3) is 0 Å². The number of carbonyl (C=O) groups excluding carboxylic acids is 1. The van der Waals surface area contributed by atoms with Gasteiger partial charge in [-0.15, -0.1) is 0 Å². The molecule has 1 aromatic rings. The van der Waals surface area contributed by atoms with Gasteiger partial charge in [-0.25, -0.2) is 4.79 Å². The minimum Gasteiger partial charge on any atom is -0.459 e. The van der Waals surface area contributed by atoms with Crippen molar-refractivity contribution in [2.75, 3.05) is 7.11 Å². The molecule has 1 aromatic carbocycles. The number of hydrogen-bond acceptors (Lipinski definition) is 4. The zero-order chi connectivity index (χ0) is 19.4. The largest absolute Gasteiger partial charge is 0.459 e. The lowest BCUT2D eigenvalue weighted by Crippen LogP contribution is -2.50. The number of methoxy groups -OCH3 is 1. The Hall–Kier alpha value is -1.83. The van der Waals surface area contributed by atoms with Crippen LogP contribution in [0.25, 0.3) is 0 Å². The molecule has 0 heterocycles. The van der Waals surface area contributed by atoms with Crippen LogP contribution in [0.4, 0.5) is 0 Å². The first kappa shape index (κ1) is 18.5. The quantitative estimate of drug-likeness (QED) is 0.419. The van der Waals surface area contributed by atoms with Crippen LogP contribution in [0, 0.1) is 36.0 Å². The Labute approximate surface area is 160 Å². The smallest absolute Gasteiger partial charge is 0.384 e. The number of esters is 1. The van der Waals surface area contributed by atoms with Gasteiger partial charge in [-0.2, -0.15) is 0 Å². The van der Waals surface area contributed by atoms with E-state index in [4.69, 9.17) is 0 Å². The Bertz CT molecular complexity index is 835. The van der Waals surface area contributed by atoms with Gasteiger partial charge in [-0.1, -0.05) is 36.6 Å². The van der Waals surface area contributed by atoms with Crippen molar-refractivity contribution in [2.45, 2.75) is 63.6 Å². The molecule has 0 amide bonds. The third-order valence-electron chi connectivity index (χ3n) is 7.64. The summed E-state index contributed by atoms with van der Waals surface area (Å²) in [6.07, 6.45) is 3.58. The molecular weight excluding hydrogens is 340 g/mol. The first-order chi connectivity index (χ1) is 12.8. The van der Waals surface area contributed by atoms with Crippen LogP contribution in [0.5, 0.6) is 0 Å². The topological polar surface area (TPSA) is 66.8 Å². The maximum atomic E-state index is 11.5. The average molecular weight is 368 g/mol. The van der Waals surface area contributed by atoms with E-state index in [0.29, 0.717) is 18.3 Å². The van der Waals surface area contributed by atoms with Gasteiger partial charge in [0, 0.05) is 11.3 Å². The molecular formula is C23H28O4. The fourth-order valence-electron chi connectivity index (χ4n) is 6.13. The minimum atomic E-state index is -1.17. The summed E-state index contributed by atoms with van der Waals surface area (Å²) in [7, 11) is 1.30. The normalized spacial score (nSPS) is 39.4. The van der Waals surface area contributed by atoms with Gasteiger partial charge in [-0.05, 0) is 67.9 Å². The van der Waals surface area contributed by atoms with Crippen LogP contribution in [-0.4, -0.2) is 28.9 Å². The summed E-state index contributed by atoms with van der Waals surface area (Å²) < 4.78 is 4.62. The lowest BCUT2D eigenvalue weighted by atomic mass is 9.53. The number of aliphatic hydroxyl groups is 2. The van der Waals surface area contributed by atoms with Crippen LogP contribution < -0.4 is 0 Å². The number of ether oxygens (including phenoxy) is 1. The number of rotatable bonds is 0. The molecule has 0 bridgehead atoms. The van der Waals surface area contributed by atoms with E-state index < -0.39 is 17.7 Å². The molecule has 144 valence electrons. The second kappa shape index (κ2) is 6.36.